The Morgan fingerprint density at radius 3 is 2.03 bits per heavy atom. The lowest BCUT2D eigenvalue weighted by Crippen LogP contribution is -2.32. The van der Waals surface area contributed by atoms with E-state index in [2.05, 4.69) is 34.4 Å². The molecule has 168 valence electrons. The summed E-state index contributed by atoms with van der Waals surface area (Å²) in [6, 6.07) is 23.5. The Morgan fingerprint density at radius 2 is 1.44 bits per heavy atom. The Bertz CT molecular complexity index is 1130. The van der Waals surface area contributed by atoms with Crippen LogP contribution in [0.1, 0.15) is 49.2 Å². The second-order valence-corrected chi connectivity index (χ2v) is 9.48. The Kier molecular flexibility index (Phi) is 7.66. The first-order valence-corrected chi connectivity index (χ1v) is 12.1. The first kappa shape index (κ1) is 23.5. The average Bonchev–Trinajstić information content (AvgIpc) is 2.80. The number of carbonyl (C=O) groups is 1. The van der Waals surface area contributed by atoms with Crippen LogP contribution in [-0.4, -0.2) is 20.4 Å². The minimum atomic E-state index is -3.60. The van der Waals surface area contributed by atoms with Gasteiger partial charge in [0.2, 0.25) is 10.0 Å². The van der Waals surface area contributed by atoms with Crippen molar-refractivity contribution in [2.45, 2.75) is 44.2 Å². The Labute approximate surface area is 190 Å². The largest absolute Gasteiger partial charge is 0.379 e. The van der Waals surface area contributed by atoms with E-state index >= 15 is 0 Å². The van der Waals surface area contributed by atoms with Crippen molar-refractivity contribution in [3.8, 4) is 0 Å². The van der Waals surface area contributed by atoms with Gasteiger partial charge in [-0.15, -0.1) is 0 Å². The number of carbonyl (C=O) groups excluding carboxylic acids is 1. The average molecular weight is 452 g/mol. The molecule has 3 N–H and O–H groups in total. The zero-order valence-corrected chi connectivity index (χ0v) is 19.3. The number of anilines is 2. The van der Waals surface area contributed by atoms with Gasteiger partial charge < -0.3 is 10.6 Å². The molecule has 2 atom stereocenters. The van der Waals surface area contributed by atoms with Gasteiger partial charge in [-0.3, -0.25) is 4.79 Å². The number of nitrogens with one attached hydrogen (secondary N) is 3. The highest BCUT2D eigenvalue weighted by Crippen LogP contribution is 2.21. The van der Waals surface area contributed by atoms with E-state index in [-0.39, 0.29) is 22.9 Å². The van der Waals surface area contributed by atoms with Gasteiger partial charge in [0.05, 0.1) is 4.90 Å². The van der Waals surface area contributed by atoms with Crippen molar-refractivity contribution in [2.24, 2.45) is 0 Å². The maximum Gasteiger partial charge on any atom is 0.255 e. The van der Waals surface area contributed by atoms with E-state index in [4.69, 9.17) is 0 Å². The van der Waals surface area contributed by atoms with Crippen molar-refractivity contribution in [1.29, 1.82) is 0 Å². The predicted molar refractivity (Wildman–Crippen MR) is 129 cm³/mol. The fourth-order valence-electron chi connectivity index (χ4n) is 3.13. The molecule has 0 aliphatic heterocycles. The molecule has 2 unspecified atom stereocenters. The van der Waals surface area contributed by atoms with Crippen LogP contribution in [0.5, 0.6) is 0 Å². The van der Waals surface area contributed by atoms with Gasteiger partial charge in [-0.1, -0.05) is 37.3 Å². The normalized spacial score (nSPS) is 13.2. The van der Waals surface area contributed by atoms with Gasteiger partial charge in [0.15, 0.2) is 0 Å². The van der Waals surface area contributed by atoms with Gasteiger partial charge >= 0.3 is 0 Å². The zero-order valence-electron chi connectivity index (χ0n) is 18.5. The van der Waals surface area contributed by atoms with Gasteiger partial charge in [-0.25, -0.2) is 13.1 Å². The van der Waals surface area contributed by atoms with Gasteiger partial charge in [-0.2, -0.15) is 0 Å². The maximum absolute atomic E-state index is 12.6. The molecule has 0 saturated heterocycles. The van der Waals surface area contributed by atoms with Crippen LogP contribution in [-0.2, 0) is 10.0 Å². The second-order valence-electron chi connectivity index (χ2n) is 7.76. The molecule has 0 aromatic heterocycles. The molecule has 0 bridgehead atoms. The smallest absolute Gasteiger partial charge is 0.255 e. The summed E-state index contributed by atoms with van der Waals surface area (Å²) in [6.45, 7) is 5.81. The lowest BCUT2D eigenvalue weighted by molar-refractivity contribution is 0.102. The molecule has 32 heavy (non-hydrogen) atoms. The van der Waals surface area contributed by atoms with Crippen LogP contribution < -0.4 is 15.4 Å². The number of benzene rings is 3. The summed E-state index contributed by atoms with van der Waals surface area (Å²) in [7, 11) is -3.60. The lowest BCUT2D eigenvalue weighted by Gasteiger charge is -2.16. The molecular weight excluding hydrogens is 422 g/mol. The van der Waals surface area contributed by atoms with Crippen molar-refractivity contribution in [2.75, 3.05) is 10.6 Å². The predicted octanol–water partition coefficient (Wildman–Crippen LogP) is 5.19. The van der Waals surface area contributed by atoms with Crippen molar-refractivity contribution in [3.05, 3.63) is 90.0 Å². The van der Waals surface area contributed by atoms with Gasteiger partial charge in [0.25, 0.3) is 5.91 Å². The fraction of sp³-hybridized carbons (Fsp3) is 0.240. The van der Waals surface area contributed by atoms with E-state index in [1.807, 2.05) is 56.3 Å². The number of rotatable bonds is 9. The van der Waals surface area contributed by atoms with Gasteiger partial charge in [0.1, 0.15) is 0 Å². The summed E-state index contributed by atoms with van der Waals surface area (Å²) in [4.78, 5) is 12.7. The first-order valence-electron chi connectivity index (χ1n) is 10.6. The van der Waals surface area contributed by atoms with Crippen LogP contribution in [0, 0.1) is 0 Å². The topological polar surface area (TPSA) is 87.3 Å². The Balaban J connectivity index is 1.61. The van der Waals surface area contributed by atoms with E-state index in [9.17, 15) is 13.2 Å². The third-order valence-corrected chi connectivity index (χ3v) is 6.83. The van der Waals surface area contributed by atoms with E-state index in [0.717, 1.165) is 5.69 Å². The molecule has 1 amide bonds. The maximum atomic E-state index is 12.6. The highest BCUT2D eigenvalue weighted by Gasteiger charge is 2.17. The summed E-state index contributed by atoms with van der Waals surface area (Å²) in [5.41, 5.74) is 3.17. The van der Waals surface area contributed by atoms with Crippen LogP contribution in [0.25, 0.3) is 0 Å². The molecule has 0 radical (unpaired) electrons. The Morgan fingerprint density at radius 1 is 0.844 bits per heavy atom. The minimum Gasteiger partial charge on any atom is -0.379 e. The van der Waals surface area contributed by atoms with Crippen LogP contribution >= 0.6 is 0 Å². The molecule has 7 heteroatoms. The van der Waals surface area contributed by atoms with E-state index in [1.165, 1.54) is 29.8 Å². The summed E-state index contributed by atoms with van der Waals surface area (Å²) >= 11 is 0. The fourth-order valence-corrected chi connectivity index (χ4v) is 4.46. The van der Waals surface area contributed by atoms with E-state index < -0.39 is 10.0 Å². The lowest BCUT2D eigenvalue weighted by atomic mass is 10.1. The molecule has 0 saturated carbocycles. The third kappa shape index (κ3) is 6.18. The van der Waals surface area contributed by atoms with Crippen LogP contribution in [0.4, 0.5) is 11.4 Å². The summed E-state index contributed by atoms with van der Waals surface area (Å²) < 4.78 is 27.3. The number of hydrogen-bond acceptors (Lipinski definition) is 4. The molecule has 3 rings (SSSR count). The molecule has 6 nitrogen and oxygen atoms in total. The zero-order chi connectivity index (χ0) is 23.1. The van der Waals surface area contributed by atoms with Crippen molar-refractivity contribution in [1.82, 2.24) is 4.72 Å². The Hall–Kier alpha value is -3.16. The molecule has 3 aromatic rings. The van der Waals surface area contributed by atoms with Crippen molar-refractivity contribution < 1.29 is 13.2 Å². The second kappa shape index (κ2) is 10.4. The van der Waals surface area contributed by atoms with E-state index in [0.29, 0.717) is 17.7 Å². The molecule has 3 aromatic carbocycles. The van der Waals surface area contributed by atoms with Gasteiger partial charge in [0, 0.05) is 29.0 Å². The summed E-state index contributed by atoms with van der Waals surface area (Å²) in [6.07, 6.45) is 0.694. The quantitative estimate of drug-likeness (QED) is 0.418. The molecule has 0 fully saturated rings. The number of hydrogen-bond donors (Lipinski definition) is 3. The highest BCUT2D eigenvalue weighted by molar-refractivity contribution is 7.89. The molecular formula is C25H29N3O3S. The third-order valence-electron chi connectivity index (χ3n) is 5.22. The van der Waals surface area contributed by atoms with Crippen LogP contribution in [0.3, 0.4) is 0 Å². The number of amides is 1. The minimum absolute atomic E-state index is 0.136. The van der Waals surface area contributed by atoms with Crippen LogP contribution in [0.2, 0.25) is 0 Å². The van der Waals surface area contributed by atoms with Gasteiger partial charge in [-0.05, 0) is 74.4 Å². The van der Waals surface area contributed by atoms with Crippen LogP contribution in [0.15, 0.2) is 83.8 Å². The first-order chi connectivity index (χ1) is 15.3. The summed E-state index contributed by atoms with van der Waals surface area (Å²) in [5.74, 6) is -0.304. The SMILES string of the molecule is CCC(C)NS(=O)(=O)c1ccc(C(=O)Nc2ccc(NC(C)c3ccccc3)cc2)cc1. The molecule has 0 heterocycles. The monoisotopic (exact) mass is 451 g/mol. The highest BCUT2D eigenvalue weighted by atomic mass is 32.2. The van der Waals surface area contributed by atoms with Crippen molar-refractivity contribution >= 4 is 27.3 Å². The molecule has 0 spiro atoms. The molecule has 0 aliphatic carbocycles. The van der Waals surface area contributed by atoms with E-state index in [1.54, 1.807) is 0 Å². The molecule has 0 aliphatic rings. The summed E-state index contributed by atoms with van der Waals surface area (Å²) in [5, 5.41) is 6.27. The number of sulfonamides is 1. The van der Waals surface area contributed by atoms with Crippen molar-refractivity contribution in [3.63, 3.8) is 0 Å². The standard InChI is InChI=1S/C25H29N3O3S/c1-4-18(2)28-32(30,31)24-16-10-21(11-17-24)25(29)27-23-14-12-22(13-15-23)26-19(3)20-8-6-5-7-9-20/h5-19,26,28H,4H2,1-3H3,(H,27,29).